The molecule has 2 atom stereocenters. The fraction of sp³-hybridized carbons (Fsp3) is 0.733. The highest BCUT2D eigenvalue weighted by Gasteiger charge is 2.36. The lowest BCUT2D eigenvalue weighted by molar-refractivity contribution is -0.151. The van der Waals surface area contributed by atoms with Crippen molar-refractivity contribution >= 4 is 17.6 Å². The molecule has 0 aliphatic carbocycles. The highest BCUT2D eigenvalue weighted by molar-refractivity contribution is 6.31. The smallest absolute Gasteiger partial charge is 0.326 e. The first-order valence-corrected chi connectivity index (χ1v) is 7.78. The number of nitrogens with one attached hydrogen (secondary N) is 1. The molecule has 1 heterocycles. The molecule has 0 radical (unpaired) electrons. The maximum absolute atomic E-state index is 12.2. The van der Waals surface area contributed by atoms with Crippen LogP contribution >= 0.6 is 11.6 Å². The zero-order valence-electron chi connectivity index (χ0n) is 13.8. The number of hydrogen-bond acceptors (Lipinski definition) is 4. The summed E-state index contributed by atoms with van der Waals surface area (Å²) in [6.45, 7) is 12.6. The Morgan fingerprint density at radius 1 is 1.48 bits per heavy atom. The number of carbonyl (C=O) groups excluding carboxylic acids is 1. The van der Waals surface area contributed by atoms with E-state index in [0.717, 1.165) is 11.4 Å². The van der Waals surface area contributed by atoms with Gasteiger partial charge >= 0.3 is 5.97 Å². The van der Waals surface area contributed by atoms with E-state index < -0.39 is 5.54 Å². The molecule has 21 heavy (non-hydrogen) atoms. The highest BCUT2D eigenvalue weighted by atomic mass is 35.5. The van der Waals surface area contributed by atoms with Crippen LogP contribution in [0.15, 0.2) is 0 Å². The van der Waals surface area contributed by atoms with Gasteiger partial charge in [0.05, 0.1) is 29.1 Å². The van der Waals surface area contributed by atoms with Gasteiger partial charge in [-0.05, 0) is 47.6 Å². The number of aryl methyl sites for hydroxylation is 1. The lowest BCUT2D eigenvalue weighted by atomic mass is 9.93. The van der Waals surface area contributed by atoms with E-state index in [1.54, 1.807) is 0 Å². The van der Waals surface area contributed by atoms with Crippen LogP contribution in [0.4, 0.5) is 0 Å². The maximum Gasteiger partial charge on any atom is 0.326 e. The molecule has 0 saturated carbocycles. The minimum Gasteiger partial charge on any atom is -0.465 e. The molecule has 6 heteroatoms. The van der Waals surface area contributed by atoms with Crippen molar-refractivity contribution < 1.29 is 9.53 Å². The Balaban J connectivity index is 2.97. The van der Waals surface area contributed by atoms with Crippen LogP contribution in [0.2, 0.25) is 5.02 Å². The molecule has 1 rings (SSSR count). The monoisotopic (exact) mass is 315 g/mol. The summed E-state index contributed by atoms with van der Waals surface area (Å²) in [6, 6.07) is 0.0321. The maximum atomic E-state index is 12.2. The molecule has 1 N–H and O–H groups in total. The van der Waals surface area contributed by atoms with Crippen LogP contribution < -0.4 is 5.32 Å². The summed E-state index contributed by atoms with van der Waals surface area (Å²) in [6.07, 6.45) is 0.581. The number of halogens is 1. The van der Waals surface area contributed by atoms with E-state index in [-0.39, 0.29) is 12.0 Å². The molecule has 5 nitrogen and oxygen atoms in total. The van der Waals surface area contributed by atoms with Gasteiger partial charge in [-0.1, -0.05) is 18.5 Å². The molecular weight excluding hydrogens is 290 g/mol. The fourth-order valence-corrected chi connectivity index (χ4v) is 2.78. The van der Waals surface area contributed by atoms with Gasteiger partial charge in [0.2, 0.25) is 0 Å². The topological polar surface area (TPSA) is 56.2 Å². The van der Waals surface area contributed by atoms with Crippen LogP contribution in [0, 0.1) is 13.8 Å². The number of likely N-dealkylation sites (N-methyl/N-ethyl adjacent to an activating group) is 1. The summed E-state index contributed by atoms with van der Waals surface area (Å²) in [5.41, 5.74) is 0.995. The molecule has 0 aliphatic rings. The van der Waals surface area contributed by atoms with Gasteiger partial charge in [-0.3, -0.25) is 9.48 Å². The van der Waals surface area contributed by atoms with Crippen LogP contribution in [0.5, 0.6) is 0 Å². The third-order valence-electron chi connectivity index (χ3n) is 3.65. The molecule has 1 aromatic rings. The Morgan fingerprint density at radius 3 is 2.52 bits per heavy atom. The van der Waals surface area contributed by atoms with Gasteiger partial charge in [-0.2, -0.15) is 5.10 Å². The Kier molecular flexibility index (Phi) is 6.23. The minimum absolute atomic E-state index is 0.0321. The zero-order chi connectivity index (χ0) is 16.2. The third-order valence-corrected chi connectivity index (χ3v) is 4.20. The minimum atomic E-state index is -0.733. The van der Waals surface area contributed by atoms with Crippen molar-refractivity contribution in [2.24, 2.45) is 0 Å². The average molecular weight is 316 g/mol. The summed E-state index contributed by atoms with van der Waals surface area (Å²) in [5, 5.41) is 8.38. The first-order chi connectivity index (χ1) is 9.76. The van der Waals surface area contributed by atoms with Gasteiger partial charge in [-0.15, -0.1) is 0 Å². The summed E-state index contributed by atoms with van der Waals surface area (Å²) in [4.78, 5) is 12.2. The summed E-state index contributed by atoms with van der Waals surface area (Å²) < 4.78 is 7.08. The number of esters is 1. The van der Waals surface area contributed by atoms with Crippen molar-refractivity contribution in [3.8, 4) is 0 Å². The van der Waals surface area contributed by atoms with Gasteiger partial charge in [0.25, 0.3) is 0 Å². The number of aromatic nitrogens is 2. The Bertz CT molecular complexity index is 501. The molecule has 2 unspecified atom stereocenters. The number of carbonyl (C=O) groups is 1. The third kappa shape index (κ3) is 3.98. The van der Waals surface area contributed by atoms with Crippen molar-refractivity contribution in [2.45, 2.75) is 59.5 Å². The molecule has 0 aliphatic heterocycles. The van der Waals surface area contributed by atoms with Gasteiger partial charge in [0, 0.05) is 0 Å². The van der Waals surface area contributed by atoms with Crippen molar-refractivity contribution in [3.05, 3.63) is 16.4 Å². The molecule has 0 aromatic carbocycles. The number of ether oxygens (including phenoxy) is 1. The second-order valence-electron chi connectivity index (χ2n) is 5.57. The fourth-order valence-electron chi connectivity index (χ4n) is 2.66. The predicted molar refractivity (Wildman–Crippen MR) is 84.8 cm³/mol. The van der Waals surface area contributed by atoms with Gasteiger partial charge in [-0.25, -0.2) is 0 Å². The number of hydrogen-bond donors (Lipinski definition) is 1. The summed E-state index contributed by atoms with van der Waals surface area (Å²) in [7, 11) is 0. The highest BCUT2D eigenvalue weighted by Crippen LogP contribution is 2.27. The molecule has 0 amide bonds. The SMILES string of the molecule is CCNC(C)(CC(C)n1nc(C)c(Cl)c1C)C(=O)OCC. The zero-order valence-corrected chi connectivity index (χ0v) is 14.5. The van der Waals surface area contributed by atoms with Crippen LogP contribution in [-0.4, -0.2) is 34.4 Å². The van der Waals surface area contributed by atoms with E-state index in [1.807, 2.05) is 46.2 Å². The summed E-state index contributed by atoms with van der Waals surface area (Å²) >= 11 is 6.20. The predicted octanol–water partition coefficient (Wildman–Crippen LogP) is 3.04. The van der Waals surface area contributed by atoms with Crippen LogP contribution in [-0.2, 0) is 9.53 Å². The quantitative estimate of drug-likeness (QED) is 0.786. The van der Waals surface area contributed by atoms with E-state index in [9.17, 15) is 4.79 Å². The van der Waals surface area contributed by atoms with Crippen molar-refractivity contribution in [1.29, 1.82) is 0 Å². The van der Waals surface area contributed by atoms with E-state index >= 15 is 0 Å². The molecule has 0 saturated heterocycles. The Labute approximate surface area is 132 Å². The first-order valence-electron chi connectivity index (χ1n) is 7.40. The van der Waals surface area contributed by atoms with Crippen LogP contribution in [0.3, 0.4) is 0 Å². The second-order valence-corrected chi connectivity index (χ2v) is 5.94. The van der Waals surface area contributed by atoms with E-state index in [4.69, 9.17) is 16.3 Å². The van der Waals surface area contributed by atoms with E-state index in [2.05, 4.69) is 10.4 Å². The molecular formula is C15H26ClN3O2. The first kappa shape index (κ1) is 18.0. The normalized spacial score (nSPS) is 15.6. The average Bonchev–Trinajstić information content (AvgIpc) is 2.67. The Morgan fingerprint density at radius 2 is 2.10 bits per heavy atom. The second kappa shape index (κ2) is 7.27. The largest absolute Gasteiger partial charge is 0.465 e. The molecule has 1 aromatic heterocycles. The molecule has 0 spiro atoms. The lowest BCUT2D eigenvalue weighted by Gasteiger charge is -2.31. The molecule has 0 fully saturated rings. The van der Waals surface area contributed by atoms with Crippen LogP contribution in [0.1, 0.15) is 51.5 Å². The van der Waals surface area contributed by atoms with Gasteiger partial charge in [0.15, 0.2) is 0 Å². The van der Waals surface area contributed by atoms with E-state index in [0.29, 0.717) is 24.6 Å². The lowest BCUT2D eigenvalue weighted by Crippen LogP contribution is -2.51. The van der Waals surface area contributed by atoms with Gasteiger partial charge < -0.3 is 10.1 Å². The Hall–Kier alpha value is -1.07. The number of nitrogens with zero attached hydrogens (tertiary/aromatic N) is 2. The van der Waals surface area contributed by atoms with Crippen molar-refractivity contribution in [2.75, 3.05) is 13.2 Å². The summed E-state index contributed by atoms with van der Waals surface area (Å²) in [5.74, 6) is -0.230. The van der Waals surface area contributed by atoms with Crippen molar-refractivity contribution in [1.82, 2.24) is 15.1 Å². The van der Waals surface area contributed by atoms with Crippen molar-refractivity contribution in [3.63, 3.8) is 0 Å². The van der Waals surface area contributed by atoms with E-state index in [1.165, 1.54) is 0 Å². The van der Waals surface area contributed by atoms with Crippen LogP contribution in [0.25, 0.3) is 0 Å². The molecule has 120 valence electrons. The standard InChI is InChI=1S/C15H26ClN3O2/c1-7-17-15(6,14(20)21-8-2)9-10(3)19-12(5)13(16)11(4)18-19/h10,17H,7-9H2,1-6H3. The number of rotatable bonds is 7. The van der Waals surface area contributed by atoms with Gasteiger partial charge in [0.1, 0.15) is 5.54 Å². The molecule has 0 bridgehead atoms.